The van der Waals surface area contributed by atoms with Crippen LogP contribution in [0.3, 0.4) is 0 Å². The van der Waals surface area contributed by atoms with Gasteiger partial charge in [-0.1, -0.05) is 0 Å². The summed E-state index contributed by atoms with van der Waals surface area (Å²) in [6.45, 7) is 3.92. The van der Waals surface area contributed by atoms with E-state index >= 15 is 0 Å². The molecule has 102 valence electrons. The van der Waals surface area contributed by atoms with Crippen LogP contribution in [0.25, 0.3) is 0 Å². The zero-order valence-electron chi connectivity index (χ0n) is 10.5. The third-order valence-corrected chi connectivity index (χ3v) is 2.64. The summed E-state index contributed by atoms with van der Waals surface area (Å²) in [6, 6.07) is -0.605. The molecule has 0 aliphatic carbocycles. The quantitative estimate of drug-likeness (QED) is 0.689. The second-order valence-electron chi connectivity index (χ2n) is 4.30. The molecule has 0 spiro atoms. The Morgan fingerprint density at radius 3 is 2.72 bits per heavy atom. The van der Waals surface area contributed by atoms with Crippen LogP contribution < -0.4 is 5.32 Å². The number of aliphatic carboxylic acids is 1. The first kappa shape index (κ1) is 14.4. The van der Waals surface area contributed by atoms with E-state index in [0.717, 1.165) is 0 Å². The molecule has 1 aliphatic rings. The smallest absolute Gasteiger partial charge is 0.306 e. The molecule has 2 atom stereocenters. The topological polar surface area (TPSA) is 95.9 Å². The van der Waals surface area contributed by atoms with Crippen molar-refractivity contribution in [3.05, 3.63) is 0 Å². The van der Waals surface area contributed by atoms with Gasteiger partial charge >= 0.3 is 5.97 Å². The lowest BCUT2D eigenvalue weighted by Crippen LogP contribution is -2.52. The van der Waals surface area contributed by atoms with Crippen LogP contribution in [0.1, 0.15) is 20.3 Å². The van der Waals surface area contributed by atoms with Crippen molar-refractivity contribution < 1.29 is 24.2 Å². The number of nitrogens with zero attached hydrogens (tertiary/aromatic N) is 1. The molecule has 2 unspecified atom stereocenters. The molecule has 0 bridgehead atoms. The van der Waals surface area contributed by atoms with Crippen molar-refractivity contribution >= 4 is 17.8 Å². The predicted molar refractivity (Wildman–Crippen MR) is 61.9 cm³/mol. The molecule has 1 rings (SSSR count). The van der Waals surface area contributed by atoms with Crippen LogP contribution in [0.4, 0.5) is 0 Å². The summed E-state index contributed by atoms with van der Waals surface area (Å²) in [6.07, 6.45) is -0.608. The third-order valence-electron chi connectivity index (χ3n) is 2.64. The zero-order valence-corrected chi connectivity index (χ0v) is 10.5. The van der Waals surface area contributed by atoms with Crippen LogP contribution in [-0.2, 0) is 19.1 Å². The van der Waals surface area contributed by atoms with E-state index < -0.39 is 18.1 Å². The van der Waals surface area contributed by atoms with Crippen molar-refractivity contribution in [1.82, 2.24) is 10.2 Å². The van der Waals surface area contributed by atoms with Crippen LogP contribution in [0.15, 0.2) is 0 Å². The Labute approximate surface area is 105 Å². The fraction of sp³-hybridized carbons (Fsp3) is 0.727. The maximum absolute atomic E-state index is 12.0. The maximum atomic E-state index is 12.0. The highest BCUT2D eigenvalue weighted by Gasteiger charge is 2.28. The molecule has 1 fully saturated rings. The lowest BCUT2D eigenvalue weighted by molar-refractivity contribution is -0.148. The van der Waals surface area contributed by atoms with Crippen molar-refractivity contribution in [2.24, 2.45) is 0 Å². The van der Waals surface area contributed by atoms with E-state index in [1.165, 1.54) is 11.8 Å². The minimum absolute atomic E-state index is 0.127. The Bertz CT molecular complexity index is 344. The number of hydrogen-bond donors (Lipinski definition) is 2. The second-order valence-corrected chi connectivity index (χ2v) is 4.30. The van der Waals surface area contributed by atoms with Crippen molar-refractivity contribution in [3.63, 3.8) is 0 Å². The van der Waals surface area contributed by atoms with E-state index in [4.69, 9.17) is 9.84 Å². The number of rotatable bonds is 4. The number of carboxylic acid groups (broad SMARTS) is 1. The van der Waals surface area contributed by atoms with Gasteiger partial charge in [0.25, 0.3) is 0 Å². The Hall–Kier alpha value is -1.63. The first-order chi connectivity index (χ1) is 8.40. The van der Waals surface area contributed by atoms with Crippen LogP contribution in [-0.4, -0.2) is 59.6 Å². The summed E-state index contributed by atoms with van der Waals surface area (Å²) in [5.41, 5.74) is 0. The first-order valence-electron chi connectivity index (χ1n) is 5.79. The van der Waals surface area contributed by atoms with E-state index in [-0.39, 0.29) is 24.8 Å². The van der Waals surface area contributed by atoms with Crippen LogP contribution >= 0.6 is 0 Å². The molecule has 0 saturated carbocycles. The van der Waals surface area contributed by atoms with Crippen molar-refractivity contribution in [2.75, 3.05) is 19.7 Å². The van der Waals surface area contributed by atoms with Crippen molar-refractivity contribution in [3.8, 4) is 0 Å². The molecule has 1 heterocycles. The average Bonchev–Trinajstić information content (AvgIpc) is 2.26. The van der Waals surface area contributed by atoms with Crippen LogP contribution in [0, 0.1) is 0 Å². The number of amides is 2. The highest BCUT2D eigenvalue weighted by Crippen LogP contribution is 2.10. The van der Waals surface area contributed by atoms with Crippen LogP contribution in [0.5, 0.6) is 0 Å². The van der Waals surface area contributed by atoms with Gasteiger partial charge in [0, 0.05) is 20.0 Å². The Morgan fingerprint density at radius 2 is 2.17 bits per heavy atom. The summed E-state index contributed by atoms with van der Waals surface area (Å²) in [4.78, 5) is 34.9. The molecule has 0 aromatic rings. The van der Waals surface area contributed by atoms with Crippen LogP contribution in [0.2, 0.25) is 0 Å². The van der Waals surface area contributed by atoms with E-state index in [9.17, 15) is 14.4 Å². The second kappa shape index (κ2) is 6.34. The molecule has 2 amide bonds. The molecule has 0 aromatic carbocycles. The van der Waals surface area contributed by atoms with Gasteiger partial charge in [-0.3, -0.25) is 14.4 Å². The molecule has 1 aliphatic heterocycles. The Kier molecular flexibility index (Phi) is 5.08. The SMILES string of the molecule is CC(=O)NC(C)C(=O)N1CCOC(CC(=O)O)C1. The van der Waals surface area contributed by atoms with Gasteiger partial charge in [-0.25, -0.2) is 0 Å². The van der Waals surface area contributed by atoms with E-state index in [1.807, 2.05) is 0 Å². The Morgan fingerprint density at radius 1 is 1.50 bits per heavy atom. The van der Waals surface area contributed by atoms with E-state index in [0.29, 0.717) is 13.2 Å². The molecule has 1 saturated heterocycles. The number of carbonyl (C=O) groups excluding carboxylic acids is 2. The molecular formula is C11H18N2O5. The normalized spacial score (nSPS) is 21.2. The lowest BCUT2D eigenvalue weighted by Gasteiger charge is -2.33. The van der Waals surface area contributed by atoms with E-state index in [2.05, 4.69) is 5.32 Å². The largest absolute Gasteiger partial charge is 0.481 e. The number of ether oxygens (including phenoxy) is 1. The maximum Gasteiger partial charge on any atom is 0.306 e. The van der Waals surface area contributed by atoms with Gasteiger partial charge in [0.1, 0.15) is 6.04 Å². The minimum atomic E-state index is -0.954. The van der Waals surface area contributed by atoms with Gasteiger partial charge in [-0.05, 0) is 6.92 Å². The summed E-state index contributed by atoms with van der Waals surface area (Å²) >= 11 is 0. The highest BCUT2D eigenvalue weighted by atomic mass is 16.5. The fourth-order valence-corrected chi connectivity index (χ4v) is 1.88. The Balaban J connectivity index is 2.52. The van der Waals surface area contributed by atoms with Gasteiger partial charge < -0.3 is 20.1 Å². The first-order valence-corrected chi connectivity index (χ1v) is 5.79. The molecular weight excluding hydrogens is 240 g/mol. The van der Waals surface area contributed by atoms with E-state index in [1.54, 1.807) is 6.92 Å². The van der Waals surface area contributed by atoms with Gasteiger partial charge in [0.05, 0.1) is 19.1 Å². The lowest BCUT2D eigenvalue weighted by atomic mass is 10.2. The number of carbonyl (C=O) groups is 3. The highest BCUT2D eigenvalue weighted by molar-refractivity contribution is 5.86. The standard InChI is InChI=1S/C11H18N2O5/c1-7(12-8(2)14)11(17)13-3-4-18-9(6-13)5-10(15)16/h7,9H,3-6H2,1-2H3,(H,12,14)(H,15,16). The zero-order chi connectivity index (χ0) is 13.7. The number of carboxylic acids is 1. The molecule has 0 radical (unpaired) electrons. The van der Waals surface area contributed by atoms with Gasteiger partial charge in [0.2, 0.25) is 11.8 Å². The minimum Gasteiger partial charge on any atom is -0.481 e. The van der Waals surface area contributed by atoms with Crippen molar-refractivity contribution in [2.45, 2.75) is 32.4 Å². The van der Waals surface area contributed by atoms with Gasteiger partial charge in [0.15, 0.2) is 0 Å². The predicted octanol–water partition coefficient (Wildman–Crippen LogP) is -0.787. The molecule has 18 heavy (non-hydrogen) atoms. The van der Waals surface area contributed by atoms with Gasteiger partial charge in [-0.15, -0.1) is 0 Å². The summed E-state index contributed by atoms with van der Waals surface area (Å²) < 4.78 is 5.27. The summed E-state index contributed by atoms with van der Waals surface area (Å²) in [5, 5.41) is 11.2. The molecule has 0 aromatic heterocycles. The average molecular weight is 258 g/mol. The third kappa shape index (κ3) is 4.33. The summed E-state index contributed by atoms with van der Waals surface area (Å²) in [5.74, 6) is -1.45. The van der Waals surface area contributed by atoms with Crippen molar-refractivity contribution in [1.29, 1.82) is 0 Å². The number of hydrogen-bond acceptors (Lipinski definition) is 4. The van der Waals surface area contributed by atoms with Gasteiger partial charge in [-0.2, -0.15) is 0 Å². The molecule has 7 heteroatoms. The number of nitrogens with one attached hydrogen (secondary N) is 1. The fourth-order valence-electron chi connectivity index (χ4n) is 1.88. The monoisotopic (exact) mass is 258 g/mol. The summed E-state index contributed by atoms with van der Waals surface area (Å²) in [7, 11) is 0. The number of morpholine rings is 1. The molecule has 2 N–H and O–H groups in total. The molecule has 7 nitrogen and oxygen atoms in total.